The first-order valence-corrected chi connectivity index (χ1v) is 7.28. The Labute approximate surface area is 99.0 Å². The molecule has 0 aliphatic carbocycles. The van der Waals surface area contributed by atoms with Crippen LogP contribution in [0.1, 0.15) is 19.8 Å². The number of methoxy groups -OCH3 is 1. The molecule has 0 rings (SSSR count). The molecule has 0 fully saturated rings. The zero-order chi connectivity index (χ0) is 12.4. The van der Waals surface area contributed by atoms with Crippen molar-refractivity contribution in [3.05, 3.63) is 0 Å². The van der Waals surface area contributed by atoms with Crippen molar-refractivity contribution in [2.75, 3.05) is 39.6 Å². The van der Waals surface area contributed by atoms with Gasteiger partial charge in [0.15, 0.2) is 0 Å². The monoisotopic (exact) mass is 252 g/mol. The van der Waals surface area contributed by atoms with E-state index < -0.39 is 10.0 Å². The Morgan fingerprint density at radius 1 is 1.31 bits per heavy atom. The summed E-state index contributed by atoms with van der Waals surface area (Å²) in [6, 6.07) is 0. The van der Waals surface area contributed by atoms with E-state index in [9.17, 15) is 8.42 Å². The van der Waals surface area contributed by atoms with Gasteiger partial charge >= 0.3 is 0 Å². The van der Waals surface area contributed by atoms with Gasteiger partial charge in [-0.25, -0.2) is 13.1 Å². The molecule has 0 saturated heterocycles. The Hall–Kier alpha value is -0.170. The van der Waals surface area contributed by atoms with E-state index in [2.05, 4.69) is 10.0 Å². The Morgan fingerprint density at radius 2 is 2.00 bits per heavy atom. The molecule has 0 amide bonds. The summed E-state index contributed by atoms with van der Waals surface area (Å²) in [4.78, 5) is 0. The maximum absolute atomic E-state index is 11.5. The summed E-state index contributed by atoms with van der Waals surface area (Å²) >= 11 is 0. The Kier molecular flexibility index (Phi) is 8.83. The van der Waals surface area contributed by atoms with Gasteiger partial charge in [0, 0.05) is 20.3 Å². The van der Waals surface area contributed by atoms with Gasteiger partial charge in [-0.1, -0.05) is 6.92 Å². The molecule has 0 saturated carbocycles. The van der Waals surface area contributed by atoms with E-state index in [0.717, 1.165) is 13.0 Å². The van der Waals surface area contributed by atoms with Crippen LogP contribution in [0.25, 0.3) is 0 Å². The fourth-order valence-corrected chi connectivity index (χ4v) is 2.55. The normalized spacial score (nSPS) is 13.9. The van der Waals surface area contributed by atoms with Gasteiger partial charge in [0.25, 0.3) is 0 Å². The van der Waals surface area contributed by atoms with Crippen LogP contribution in [0.4, 0.5) is 0 Å². The highest BCUT2D eigenvalue weighted by Crippen LogP contribution is 1.97. The average molecular weight is 252 g/mol. The smallest absolute Gasteiger partial charge is 0.211 e. The highest BCUT2D eigenvalue weighted by molar-refractivity contribution is 7.89. The first-order valence-electron chi connectivity index (χ1n) is 5.62. The van der Waals surface area contributed by atoms with E-state index in [1.165, 1.54) is 0 Å². The van der Waals surface area contributed by atoms with Gasteiger partial charge in [0.1, 0.15) is 0 Å². The van der Waals surface area contributed by atoms with E-state index in [-0.39, 0.29) is 11.7 Å². The first kappa shape index (κ1) is 15.8. The summed E-state index contributed by atoms with van der Waals surface area (Å²) in [6.07, 6.45) is 1.57. The molecule has 2 N–H and O–H groups in total. The first-order chi connectivity index (χ1) is 7.52. The molecule has 0 radical (unpaired) electrons. The molecule has 0 bridgehead atoms. The van der Waals surface area contributed by atoms with E-state index in [0.29, 0.717) is 19.6 Å². The summed E-state index contributed by atoms with van der Waals surface area (Å²) in [6.45, 7) is 3.83. The van der Waals surface area contributed by atoms with Crippen molar-refractivity contribution < 1.29 is 13.2 Å². The molecule has 0 aliphatic rings. The summed E-state index contributed by atoms with van der Waals surface area (Å²) < 4.78 is 30.6. The van der Waals surface area contributed by atoms with Crippen molar-refractivity contribution in [2.45, 2.75) is 19.8 Å². The second kappa shape index (κ2) is 8.92. The predicted molar refractivity (Wildman–Crippen MR) is 66.0 cm³/mol. The zero-order valence-corrected chi connectivity index (χ0v) is 11.3. The van der Waals surface area contributed by atoms with E-state index >= 15 is 0 Å². The summed E-state index contributed by atoms with van der Waals surface area (Å²) in [5.74, 6) is 0.408. The molecule has 0 aliphatic heterocycles. The molecule has 0 aromatic heterocycles. The van der Waals surface area contributed by atoms with Gasteiger partial charge in [0.2, 0.25) is 10.0 Å². The Morgan fingerprint density at radius 3 is 2.56 bits per heavy atom. The fourth-order valence-electron chi connectivity index (χ4n) is 1.28. The third kappa shape index (κ3) is 9.08. The minimum Gasteiger partial charge on any atom is -0.384 e. The highest BCUT2D eigenvalue weighted by atomic mass is 32.2. The molecule has 16 heavy (non-hydrogen) atoms. The lowest BCUT2D eigenvalue weighted by molar-refractivity contribution is 0.161. The van der Waals surface area contributed by atoms with Crippen LogP contribution in [0.3, 0.4) is 0 Å². The number of ether oxygens (including phenoxy) is 1. The number of unbranched alkanes of at least 4 members (excludes halogenated alkanes) is 1. The molecular weight excluding hydrogens is 228 g/mol. The summed E-state index contributed by atoms with van der Waals surface area (Å²) in [7, 11) is 0.365. The van der Waals surface area contributed by atoms with Gasteiger partial charge in [0.05, 0.1) is 5.75 Å². The molecule has 0 aromatic carbocycles. The number of nitrogens with one attached hydrogen (secondary N) is 2. The van der Waals surface area contributed by atoms with Crippen LogP contribution < -0.4 is 10.0 Å². The lowest BCUT2D eigenvalue weighted by Gasteiger charge is -2.11. The van der Waals surface area contributed by atoms with Crippen molar-refractivity contribution >= 4 is 10.0 Å². The lowest BCUT2D eigenvalue weighted by atomic mass is 10.2. The molecule has 0 spiro atoms. The van der Waals surface area contributed by atoms with E-state index in [4.69, 9.17) is 4.74 Å². The van der Waals surface area contributed by atoms with Gasteiger partial charge < -0.3 is 10.1 Å². The SMILES string of the molecule is CNCCCCS(=O)(=O)NCC(C)COC. The molecule has 5 nitrogen and oxygen atoms in total. The van der Waals surface area contributed by atoms with Crippen molar-refractivity contribution in [1.29, 1.82) is 0 Å². The lowest BCUT2D eigenvalue weighted by Crippen LogP contribution is -2.32. The maximum Gasteiger partial charge on any atom is 0.211 e. The quantitative estimate of drug-likeness (QED) is 0.545. The largest absolute Gasteiger partial charge is 0.384 e. The summed E-state index contributed by atoms with van der Waals surface area (Å²) in [5.41, 5.74) is 0. The van der Waals surface area contributed by atoms with Crippen LogP contribution in [0.5, 0.6) is 0 Å². The Balaban J connectivity index is 3.70. The maximum atomic E-state index is 11.5. The van der Waals surface area contributed by atoms with E-state index in [1.807, 2.05) is 14.0 Å². The van der Waals surface area contributed by atoms with E-state index in [1.54, 1.807) is 7.11 Å². The number of hydrogen-bond donors (Lipinski definition) is 2. The molecule has 0 aromatic rings. The van der Waals surface area contributed by atoms with Gasteiger partial charge in [-0.3, -0.25) is 0 Å². The number of rotatable bonds is 10. The van der Waals surface area contributed by atoms with Crippen molar-refractivity contribution in [2.24, 2.45) is 5.92 Å². The van der Waals surface area contributed by atoms with Gasteiger partial charge in [-0.05, 0) is 32.4 Å². The molecular formula is C10H24N2O3S. The van der Waals surface area contributed by atoms with Crippen molar-refractivity contribution in [1.82, 2.24) is 10.0 Å². The molecule has 98 valence electrons. The standard InChI is InChI=1S/C10H24N2O3S/c1-10(9-15-3)8-12-16(13,14)7-5-4-6-11-2/h10-12H,4-9H2,1-3H3. The van der Waals surface area contributed by atoms with Gasteiger partial charge in [-0.2, -0.15) is 0 Å². The molecule has 1 unspecified atom stereocenters. The molecule has 1 atom stereocenters. The van der Waals surface area contributed by atoms with Crippen LogP contribution in [0.2, 0.25) is 0 Å². The van der Waals surface area contributed by atoms with Gasteiger partial charge in [-0.15, -0.1) is 0 Å². The van der Waals surface area contributed by atoms with Crippen LogP contribution >= 0.6 is 0 Å². The fraction of sp³-hybridized carbons (Fsp3) is 1.00. The molecule has 0 heterocycles. The van der Waals surface area contributed by atoms with Crippen LogP contribution in [-0.2, 0) is 14.8 Å². The third-order valence-electron chi connectivity index (χ3n) is 2.19. The minimum absolute atomic E-state index is 0.203. The number of hydrogen-bond acceptors (Lipinski definition) is 4. The molecule has 6 heteroatoms. The second-order valence-corrected chi connectivity index (χ2v) is 5.96. The van der Waals surface area contributed by atoms with Crippen LogP contribution in [0, 0.1) is 5.92 Å². The average Bonchev–Trinajstić information content (AvgIpc) is 2.22. The third-order valence-corrected chi connectivity index (χ3v) is 3.63. The minimum atomic E-state index is -3.11. The van der Waals surface area contributed by atoms with Crippen LogP contribution in [-0.4, -0.2) is 48.0 Å². The van der Waals surface area contributed by atoms with Crippen molar-refractivity contribution in [3.63, 3.8) is 0 Å². The highest BCUT2D eigenvalue weighted by Gasteiger charge is 2.11. The second-order valence-electron chi connectivity index (χ2n) is 4.04. The predicted octanol–water partition coefficient (Wildman–Crippen LogP) is 0.188. The van der Waals surface area contributed by atoms with Crippen molar-refractivity contribution in [3.8, 4) is 0 Å². The zero-order valence-electron chi connectivity index (χ0n) is 10.5. The summed E-state index contributed by atoms with van der Waals surface area (Å²) in [5, 5.41) is 2.99. The topological polar surface area (TPSA) is 67.4 Å². The Bertz CT molecular complexity index is 255. The number of sulfonamides is 1. The van der Waals surface area contributed by atoms with Crippen LogP contribution in [0.15, 0.2) is 0 Å².